The molecule has 1 aromatic heterocycles. The Labute approximate surface area is 191 Å². The first-order valence-electron chi connectivity index (χ1n) is 10.6. The van der Waals surface area contributed by atoms with Gasteiger partial charge in [-0.25, -0.2) is 0 Å². The summed E-state index contributed by atoms with van der Waals surface area (Å²) in [6.45, 7) is 2.06. The van der Waals surface area contributed by atoms with Gasteiger partial charge in [0.05, 0.1) is 0 Å². The van der Waals surface area contributed by atoms with Gasteiger partial charge in [-0.3, -0.25) is 4.79 Å². The molecule has 0 unspecified atom stereocenters. The van der Waals surface area contributed by atoms with Crippen LogP contribution in [0.5, 0.6) is 11.6 Å². The van der Waals surface area contributed by atoms with Gasteiger partial charge in [-0.05, 0) is 49.4 Å². The van der Waals surface area contributed by atoms with Crippen molar-refractivity contribution in [2.75, 3.05) is 5.32 Å². The highest BCUT2D eigenvalue weighted by molar-refractivity contribution is 6.04. The first kappa shape index (κ1) is 20.4. The van der Waals surface area contributed by atoms with Crippen molar-refractivity contribution in [1.29, 1.82) is 0 Å². The summed E-state index contributed by atoms with van der Waals surface area (Å²) in [5, 5.41) is 13.6. The standard InChI is InChI=1S/C28H21N3O2/c1-19-11-13-20(14-12-19)26-24-9-5-6-10-25(24)28(31-30-26)33-23-17-15-22(16-18-23)29-27(32)21-7-3-2-4-8-21/h2-18H,1H3,(H,29,32). The summed E-state index contributed by atoms with van der Waals surface area (Å²) in [5.41, 5.74) is 4.31. The second kappa shape index (κ2) is 8.93. The number of carbonyl (C=O) groups excluding carboxylic acids is 1. The number of benzene rings is 4. The number of aryl methyl sites for hydroxylation is 1. The molecule has 0 bridgehead atoms. The molecule has 33 heavy (non-hydrogen) atoms. The molecule has 5 aromatic rings. The zero-order chi connectivity index (χ0) is 22.6. The lowest BCUT2D eigenvalue weighted by molar-refractivity contribution is 0.102. The Balaban J connectivity index is 1.39. The summed E-state index contributed by atoms with van der Waals surface area (Å²) >= 11 is 0. The van der Waals surface area contributed by atoms with Crippen LogP contribution in [0.4, 0.5) is 5.69 Å². The van der Waals surface area contributed by atoms with E-state index < -0.39 is 0 Å². The lowest BCUT2D eigenvalue weighted by Crippen LogP contribution is -2.11. The number of anilines is 1. The number of nitrogens with zero attached hydrogens (tertiary/aromatic N) is 2. The van der Waals surface area contributed by atoms with Crippen LogP contribution < -0.4 is 10.1 Å². The highest BCUT2D eigenvalue weighted by Crippen LogP contribution is 2.33. The van der Waals surface area contributed by atoms with Crippen LogP contribution in [0, 0.1) is 6.92 Å². The zero-order valence-corrected chi connectivity index (χ0v) is 18.0. The minimum absolute atomic E-state index is 0.159. The molecule has 0 radical (unpaired) electrons. The van der Waals surface area contributed by atoms with E-state index in [4.69, 9.17) is 4.74 Å². The Bertz CT molecular complexity index is 1410. The Morgan fingerprint density at radius 1 is 0.727 bits per heavy atom. The van der Waals surface area contributed by atoms with Gasteiger partial charge in [-0.2, -0.15) is 0 Å². The molecule has 5 rings (SSSR count). The third-order valence-electron chi connectivity index (χ3n) is 5.34. The summed E-state index contributed by atoms with van der Waals surface area (Å²) in [7, 11) is 0. The lowest BCUT2D eigenvalue weighted by atomic mass is 10.0. The molecule has 160 valence electrons. The van der Waals surface area contributed by atoms with Crippen LogP contribution in [0.15, 0.2) is 103 Å². The van der Waals surface area contributed by atoms with E-state index in [1.807, 2.05) is 42.5 Å². The number of amides is 1. The smallest absolute Gasteiger partial charge is 0.255 e. The van der Waals surface area contributed by atoms with Crippen molar-refractivity contribution in [2.24, 2.45) is 0 Å². The van der Waals surface area contributed by atoms with Gasteiger partial charge in [0.2, 0.25) is 5.88 Å². The second-order valence-corrected chi connectivity index (χ2v) is 7.71. The van der Waals surface area contributed by atoms with Crippen molar-refractivity contribution < 1.29 is 9.53 Å². The quantitative estimate of drug-likeness (QED) is 0.338. The summed E-state index contributed by atoms with van der Waals surface area (Å²) in [5.74, 6) is 0.880. The van der Waals surface area contributed by atoms with E-state index >= 15 is 0 Å². The third kappa shape index (κ3) is 4.43. The van der Waals surface area contributed by atoms with Crippen molar-refractivity contribution in [2.45, 2.75) is 6.92 Å². The average Bonchev–Trinajstić information content (AvgIpc) is 2.86. The predicted molar refractivity (Wildman–Crippen MR) is 131 cm³/mol. The molecular formula is C28H21N3O2. The molecule has 5 heteroatoms. The van der Waals surface area contributed by atoms with Gasteiger partial charge in [0.1, 0.15) is 11.4 Å². The highest BCUT2D eigenvalue weighted by atomic mass is 16.5. The van der Waals surface area contributed by atoms with Crippen molar-refractivity contribution >= 4 is 22.4 Å². The number of carbonyl (C=O) groups is 1. The van der Waals surface area contributed by atoms with Crippen LogP contribution in [0.3, 0.4) is 0 Å². The lowest BCUT2D eigenvalue weighted by Gasteiger charge is -2.11. The normalized spacial score (nSPS) is 10.7. The number of fused-ring (bicyclic) bond motifs is 1. The van der Waals surface area contributed by atoms with Gasteiger partial charge >= 0.3 is 0 Å². The second-order valence-electron chi connectivity index (χ2n) is 7.71. The fraction of sp³-hybridized carbons (Fsp3) is 0.0357. The first-order valence-corrected chi connectivity index (χ1v) is 10.6. The number of hydrogen-bond acceptors (Lipinski definition) is 4. The number of aromatic nitrogens is 2. The number of nitrogens with one attached hydrogen (secondary N) is 1. The summed E-state index contributed by atoms with van der Waals surface area (Å²) in [6, 6.07) is 32.5. The molecule has 0 spiro atoms. The van der Waals surface area contributed by atoms with Gasteiger partial charge in [-0.1, -0.05) is 66.2 Å². The first-order chi connectivity index (χ1) is 16.2. The molecule has 1 N–H and O–H groups in total. The Kier molecular flexibility index (Phi) is 5.52. The van der Waals surface area contributed by atoms with E-state index in [2.05, 4.69) is 46.7 Å². The van der Waals surface area contributed by atoms with Crippen LogP contribution in [-0.2, 0) is 0 Å². The van der Waals surface area contributed by atoms with E-state index in [1.54, 1.807) is 36.4 Å². The molecule has 0 aliphatic heterocycles. The zero-order valence-electron chi connectivity index (χ0n) is 18.0. The average molecular weight is 431 g/mol. The van der Waals surface area contributed by atoms with Crippen molar-refractivity contribution in [3.05, 3.63) is 114 Å². The largest absolute Gasteiger partial charge is 0.437 e. The summed E-state index contributed by atoms with van der Waals surface area (Å²) in [4.78, 5) is 12.3. The number of hydrogen-bond donors (Lipinski definition) is 1. The van der Waals surface area contributed by atoms with E-state index in [0.717, 1.165) is 22.0 Å². The maximum absolute atomic E-state index is 12.3. The van der Waals surface area contributed by atoms with Crippen molar-refractivity contribution in [3.8, 4) is 22.9 Å². The molecule has 4 aromatic carbocycles. The van der Waals surface area contributed by atoms with Crippen LogP contribution in [-0.4, -0.2) is 16.1 Å². The molecule has 0 saturated heterocycles. The SMILES string of the molecule is Cc1ccc(-c2nnc(Oc3ccc(NC(=O)c4ccccc4)cc3)c3ccccc23)cc1. The van der Waals surface area contributed by atoms with Crippen LogP contribution in [0.2, 0.25) is 0 Å². The van der Waals surface area contributed by atoms with Crippen LogP contribution in [0.25, 0.3) is 22.0 Å². The van der Waals surface area contributed by atoms with Crippen LogP contribution >= 0.6 is 0 Å². The molecule has 0 aliphatic carbocycles. The molecule has 0 atom stereocenters. The summed E-state index contributed by atoms with van der Waals surface area (Å²) in [6.07, 6.45) is 0. The van der Waals surface area contributed by atoms with Gasteiger partial charge in [0.15, 0.2) is 0 Å². The van der Waals surface area contributed by atoms with E-state index in [-0.39, 0.29) is 5.91 Å². The van der Waals surface area contributed by atoms with Crippen molar-refractivity contribution in [1.82, 2.24) is 10.2 Å². The van der Waals surface area contributed by atoms with E-state index in [0.29, 0.717) is 22.9 Å². The maximum Gasteiger partial charge on any atom is 0.255 e. The molecular weight excluding hydrogens is 410 g/mol. The minimum Gasteiger partial charge on any atom is -0.437 e. The fourth-order valence-corrected chi connectivity index (χ4v) is 3.59. The predicted octanol–water partition coefficient (Wildman–Crippen LogP) is 6.65. The van der Waals surface area contributed by atoms with Crippen LogP contribution in [0.1, 0.15) is 15.9 Å². The van der Waals surface area contributed by atoms with E-state index in [1.165, 1.54) is 5.56 Å². The van der Waals surface area contributed by atoms with Crippen molar-refractivity contribution in [3.63, 3.8) is 0 Å². The fourth-order valence-electron chi connectivity index (χ4n) is 3.59. The van der Waals surface area contributed by atoms with Gasteiger partial charge in [0.25, 0.3) is 5.91 Å². The Hall–Kier alpha value is -4.51. The molecule has 0 fully saturated rings. The van der Waals surface area contributed by atoms with Gasteiger partial charge < -0.3 is 10.1 Å². The molecule has 0 saturated carbocycles. The highest BCUT2D eigenvalue weighted by Gasteiger charge is 2.13. The molecule has 1 heterocycles. The number of rotatable bonds is 5. The molecule has 0 aliphatic rings. The van der Waals surface area contributed by atoms with Gasteiger partial charge in [-0.15, -0.1) is 10.2 Å². The monoisotopic (exact) mass is 431 g/mol. The Morgan fingerprint density at radius 3 is 2.12 bits per heavy atom. The molecule has 1 amide bonds. The minimum atomic E-state index is -0.159. The number of ether oxygens (including phenoxy) is 1. The van der Waals surface area contributed by atoms with E-state index in [9.17, 15) is 4.79 Å². The van der Waals surface area contributed by atoms with Gasteiger partial charge in [0, 0.05) is 27.6 Å². The topological polar surface area (TPSA) is 64.1 Å². The maximum atomic E-state index is 12.3. The summed E-state index contributed by atoms with van der Waals surface area (Å²) < 4.78 is 6.06. The molecule has 5 nitrogen and oxygen atoms in total. The third-order valence-corrected chi connectivity index (χ3v) is 5.34. The Morgan fingerprint density at radius 2 is 1.39 bits per heavy atom.